The van der Waals surface area contributed by atoms with Crippen LogP contribution >= 0.6 is 38.3 Å². The molecule has 0 aromatic carbocycles. The zero-order valence-electron chi connectivity index (χ0n) is 6.07. The van der Waals surface area contributed by atoms with Gasteiger partial charge in [0.1, 0.15) is 0 Å². The van der Waals surface area contributed by atoms with Crippen molar-refractivity contribution in [3.05, 3.63) is 0 Å². The van der Waals surface area contributed by atoms with Gasteiger partial charge in [0.2, 0.25) is 0 Å². The average molecular weight is 321 g/mol. The van der Waals surface area contributed by atoms with Crippen LogP contribution in [-0.2, 0) is 0 Å². The Morgan fingerprint density at radius 1 is 1.30 bits per heavy atom. The van der Waals surface area contributed by atoms with Gasteiger partial charge in [0.15, 0.2) is 0 Å². The van der Waals surface area contributed by atoms with E-state index < -0.39 is 16.0 Å². The van der Waals surface area contributed by atoms with Gasteiger partial charge in [-0.3, -0.25) is 0 Å². The SMILES string of the molecule is C[S][Sb]([S]C)[S]C1CSC1. The van der Waals surface area contributed by atoms with Crippen LogP contribution in [0.3, 0.4) is 0 Å². The molecule has 60 valence electrons. The molecule has 0 unspecified atom stereocenters. The first-order valence-corrected chi connectivity index (χ1v) is 16.7. The number of rotatable bonds is 4. The molecule has 0 nitrogen and oxygen atoms in total. The predicted octanol–water partition coefficient (Wildman–Crippen LogP) is 2.55. The molecular formula is C5H11S4Sb. The molecule has 0 aliphatic carbocycles. The molecule has 1 aliphatic heterocycles. The van der Waals surface area contributed by atoms with Crippen molar-refractivity contribution < 1.29 is 0 Å². The van der Waals surface area contributed by atoms with Gasteiger partial charge < -0.3 is 0 Å². The fraction of sp³-hybridized carbons (Fsp3) is 1.00. The van der Waals surface area contributed by atoms with Crippen molar-refractivity contribution in [1.82, 2.24) is 0 Å². The molecule has 0 aromatic heterocycles. The zero-order valence-corrected chi connectivity index (χ0v) is 11.9. The molecular weight excluding hydrogens is 310 g/mol. The third-order valence-corrected chi connectivity index (χ3v) is 28.8. The summed E-state index contributed by atoms with van der Waals surface area (Å²) in [6.45, 7) is 0. The van der Waals surface area contributed by atoms with Gasteiger partial charge in [-0.2, -0.15) is 0 Å². The van der Waals surface area contributed by atoms with E-state index in [4.69, 9.17) is 0 Å². The fourth-order valence-electron chi connectivity index (χ4n) is 0.557. The van der Waals surface area contributed by atoms with Crippen molar-refractivity contribution in [3.8, 4) is 0 Å². The van der Waals surface area contributed by atoms with Crippen LogP contribution in [0.2, 0.25) is 0 Å². The third kappa shape index (κ3) is 3.30. The first-order chi connectivity index (χ1) is 4.86. The summed E-state index contributed by atoms with van der Waals surface area (Å²) in [5.74, 6) is 2.85. The Labute approximate surface area is 82.6 Å². The molecule has 0 spiro atoms. The van der Waals surface area contributed by atoms with Crippen LogP contribution in [0.1, 0.15) is 0 Å². The van der Waals surface area contributed by atoms with Crippen molar-refractivity contribution in [1.29, 1.82) is 0 Å². The second-order valence-corrected chi connectivity index (χ2v) is 25.9. The topological polar surface area (TPSA) is 0 Å². The first-order valence-electron chi connectivity index (χ1n) is 2.99. The van der Waals surface area contributed by atoms with Crippen molar-refractivity contribution in [2.75, 3.05) is 24.0 Å². The molecule has 0 amide bonds. The van der Waals surface area contributed by atoms with Crippen LogP contribution in [0.5, 0.6) is 0 Å². The Bertz CT molecular complexity index is 91.6. The predicted molar refractivity (Wildman–Crippen MR) is 61.5 cm³/mol. The van der Waals surface area contributed by atoms with Crippen LogP contribution in [0, 0.1) is 0 Å². The molecule has 5 heteroatoms. The Morgan fingerprint density at radius 2 is 1.90 bits per heavy atom. The summed E-state index contributed by atoms with van der Waals surface area (Å²) < 4.78 is 0. The first kappa shape index (κ1) is 10.3. The summed E-state index contributed by atoms with van der Waals surface area (Å²) in [5, 5.41) is 1.04. The molecule has 1 fully saturated rings. The quantitative estimate of drug-likeness (QED) is 0.730. The van der Waals surface area contributed by atoms with Crippen LogP contribution in [-0.4, -0.2) is 45.3 Å². The second kappa shape index (κ2) is 5.79. The number of hydrogen-bond acceptors (Lipinski definition) is 4. The Kier molecular flexibility index (Phi) is 5.97. The van der Waals surface area contributed by atoms with Gasteiger partial charge in [0, 0.05) is 0 Å². The van der Waals surface area contributed by atoms with E-state index in [9.17, 15) is 0 Å². The van der Waals surface area contributed by atoms with Crippen molar-refractivity contribution >= 4 is 54.3 Å². The Hall–Kier alpha value is 2.22. The van der Waals surface area contributed by atoms with Gasteiger partial charge in [-0.1, -0.05) is 0 Å². The maximum atomic E-state index is 2.32. The molecule has 0 bridgehead atoms. The van der Waals surface area contributed by atoms with E-state index in [2.05, 4.69) is 50.8 Å². The van der Waals surface area contributed by atoms with Crippen LogP contribution in [0.4, 0.5) is 0 Å². The summed E-state index contributed by atoms with van der Waals surface area (Å²) in [6.07, 6.45) is 4.55. The molecule has 0 radical (unpaired) electrons. The van der Waals surface area contributed by atoms with Gasteiger partial charge in [-0.25, -0.2) is 0 Å². The molecule has 0 N–H and O–H groups in total. The van der Waals surface area contributed by atoms with Gasteiger partial charge >= 0.3 is 83.6 Å². The van der Waals surface area contributed by atoms with E-state index in [-0.39, 0.29) is 0 Å². The van der Waals surface area contributed by atoms with Crippen molar-refractivity contribution in [2.24, 2.45) is 0 Å². The fourth-order valence-corrected chi connectivity index (χ4v) is 21.9. The molecule has 1 saturated heterocycles. The van der Waals surface area contributed by atoms with E-state index in [0.29, 0.717) is 0 Å². The summed E-state index contributed by atoms with van der Waals surface area (Å²) in [4.78, 5) is 0. The maximum absolute atomic E-state index is 2.32. The van der Waals surface area contributed by atoms with Crippen molar-refractivity contribution in [3.63, 3.8) is 0 Å². The van der Waals surface area contributed by atoms with Crippen LogP contribution in [0.25, 0.3) is 0 Å². The van der Waals surface area contributed by atoms with Crippen molar-refractivity contribution in [2.45, 2.75) is 5.25 Å². The number of hydrogen-bond donors (Lipinski definition) is 0. The van der Waals surface area contributed by atoms with Gasteiger partial charge in [-0.05, 0) is 0 Å². The molecule has 0 aromatic rings. The molecule has 1 heterocycles. The molecule has 0 saturated carbocycles. The van der Waals surface area contributed by atoms with Crippen LogP contribution in [0.15, 0.2) is 0 Å². The average Bonchev–Trinajstić information content (AvgIpc) is 1.87. The minimum atomic E-state index is -0.879. The van der Waals surface area contributed by atoms with E-state index in [1.165, 1.54) is 11.5 Å². The molecule has 0 atom stereocenters. The second-order valence-electron chi connectivity index (χ2n) is 1.85. The Balaban J connectivity index is 2.08. The standard InChI is InChI=1S/C3H6S2.2CH4S.Sb/c4-3-1-5-2-3;2*1-2;/h3-4H,1-2H2;2*2H,1H3;/q;;;+3/p-3. The minimum absolute atomic E-state index is 0.879. The monoisotopic (exact) mass is 320 g/mol. The van der Waals surface area contributed by atoms with E-state index in [0.717, 1.165) is 5.25 Å². The van der Waals surface area contributed by atoms with Gasteiger partial charge in [-0.15, -0.1) is 0 Å². The summed E-state index contributed by atoms with van der Waals surface area (Å²) in [7, 11) is 6.61. The summed E-state index contributed by atoms with van der Waals surface area (Å²) >= 11 is 1.22. The molecule has 10 heavy (non-hydrogen) atoms. The normalized spacial score (nSPS) is 19.5. The summed E-state index contributed by atoms with van der Waals surface area (Å²) in [6, 6.07) is 0. The molecule has 1 rings (SSSR count). The molecule has 1 aliphatic rings. The number of thioether (sulfide) groups is 1. The van der Waals surface area contributed by atoms with E-state index >= 15 is 0 Å². The van der Waals surface area contributed by atoms with E-state index in [1.807, 2.05) is 0 Å². The Morgan fingerprint density at radius 3 is 2.20 bits per heavy atom. The van der Waals surface area contributed by atoms with E-state index in [1.54, 1.807) is 0 Å². The summed E-state index contributed by atoms with van der Waals surface area (Å²) in [5.41, 5.74) is 0. The van der Waals surface area contributed by atoms with Gasteiger partial charge in [0.25, 0.3) is 0 Å². The third-order valence-electron chi connectivity index (χ3n) is 1.14. The zero-order chi connectivity index (χ0) is 7.40. The van der Waals surface area contributed by atoms with Gasteiger partial charge in [0.05, 0.1) is 0 Å². The van der Waals surface area contributed by atoms with Crippen LogP contribution < -0.4 is 0 Å².